The Morgan fingerprint density at radius 3 is 2.59 bits per heavy atom. The number of benzene rings is 1. The number of carbonyl (C=O) groups excluding carboxylic acids is 1. The van der Waals surface area contributed by atoms with Gasteiger partial charge in [-0.2, -0.15) is 10.3 Å². The van der Waals surface area contributed by atoms with Crippen molar-refractivity contribution < 1.29 is 18.3 Å². The van der Waals surface area contributed by atoms with Crippen molar-refractivity contribution in [2.24, 2.45) is 0 Å². The summed E-state index contributed by atoms with van der Waals surface area (Å²) in [6, 6.07) is 2.94. The fourth-order valence-electron chi connectivity index (χ4n) is 1.39. The molecule has 1 rings (SSSR count). The summed E-state index contributed by atoms with van der Waals surface area (Å²) in [6.07, 6.45) is 2.43. The fraction of sp³-hybridized carbons (Fsp3) is 0. The van der Waals surface area contributed by atoms with Crippen LogP contribution in [-0.2, 0) is 19.4 Å². The minimum Gasteiger partial charge on any atom is -0.457 e. The van der Waals surface area contributed by atoms with Crippen LogP contribution in [0.15, 0.2) is 54.0 Å². The van der Waals surface area contributed by atoms with Crippen molar-refractivity contribution in [3.63, 3.8) is 0 Å². The minimum absolute atomic E-state index is 0.0345. The van der Waals surface area contributed by atoms with Crippen LogP contribution in [0.2, 0.25) is 0 Å². The van der Waals surface area contributed by atoms with E-state index in [1.165, 1.54) is 18.2 Å². The van der Waals surface area contributed by atoms with Gasteiger partial charge >= 0.3 is 5.69 Å². The standard InChI is InChI=1S/C14H12FN2O4S/c1-4-10(7-9(2)22(3)21)14(18)16-11-5-6-12(15)13(8-11)17(19)20/h4-8H,1-3H2,(H,16,18)/q-1/b10-7+. The van der Waals surface area contributed by atoms with E-state index in [1.54, 1.807) is 0 Å². The zero-order valence-electron chi connectivity index (χ0n) is 11.4. The van der Waals surface area contributed by atoms with Crippen molar-refractivity contribution >= 4 is 33.5 Å². The molecule has 0 aliphatic carbocycles. The number of allylic oxidation sites excluding steroid dienone is 1. The van der Waals surface area contributed by atoms with Crippen LogP contribution < -0.4 is 5.32 Å². The van der Waals surface area contributed by atoms with E-state index < -0.39 is 32.7 Å². The maximum atomic E-state index is 13.2. The zero-order valence-corrected chi connectivity index (χ0v) is 12.2. The number of hydrogen-bond donors (Lipinski definition) is 1. The number of nitrogens with zero attached hydrogens (tertiary/aromatic N) is 1. The van der Waals surface area contributed by atoms with Gasteiger partial charge in [0.05, 0.1) is 4.92 Å². The number of halogens is 1. The lowest BCUT2D eigenvalue weighted by molar-refractivity contribution is -0.387. The highest BCUT2D eigenvalue weighted by Gasteiger charge is 2.15. The van der Waals surface area contributed by atoms with Gasteiger partial charge in [-0.05, 0) is 12.1 Å². The number of rotatable bonds is 6. The average Bonchev–Trinajstić information content (AvgIpc) is 2.45. The Hall–Kier alpha value is -2.74. The summed E-state index contributed by atoms with van der Waals surface area (Å²) >= 11 is 0. The largest absolute Gasteiger partial charge is 0.457 e. The molecule has 6 nitrogen and oxygen atoms in total. The Kier molecular flexibility index (Phi) is 5.76. The molecule has 0 bridgehead atoms. The van der Waals surface area contributed by atoms with Gasteiger partial charge < -0.3 is 9.53 Å². The molecule has 116 valence electrons. The molecule has 8 heteroatoms. The molecule has 0 saturated heterocycles. The third kappa shape index (κ3) is 4.38. The third-order valence-electron chi connectivity index (χ3n) is 2.49. The SMILES string of the molecule is C=C/C(=C\C(=C)[S-](=C)=O)C(=O)Nc1ccc(F)c([N+](=O)[O-])c1. The molecule has 0 aliphatic heterocycles. The van der Waals surface area contributed by atoms with Gasteiger partial charge in [0.2, 0.25) is 5.82 Å². The van der Waals surface area contributed by atoms with Gasteiger partial charge in [-0.15, -0.1) is 11.5 Å². The van der Waals surface area contributed by atoms with Crippen molar-refractivity contribution in [1.29, 1.82) is 0 Å². The third-order valence-corrected chi connectivity index (χ3v) is 3.19. The first-order valence-corrected chi connectivity index (χ1v) is 7.08. The van der Waals surface area contributed by atoms with Crippen LogP contribution in [0.5, 0.6) is 0 Å². The maximum absolute atomic E-state index is 13.2. The molecule has 0 unspecified atom stereocenters. The van der Waals surface area contributed by atoms with Gasteiger partial charge in [0.1, 0.15) is 0 Å². The van der Waals surface area contributed by atoms with Crippen molar-refractivity contribution in [1.82, 2.24) is 0 Å². The van der Waals surface area contributed by atoms with E-state index in [1.807, 2.05) is 0 Å². The summed E-state index contributed by atoms with van der Waals surface area (Å²) in [7, 11) is -1.60. The van der Waals surface area contributed by atoms with Crippen LogP contribution >= 0.6 is 0 Å². The Bertz CT molecular complexity index is 758. The molecule has 1 aromatic rings. The molecule has 0 aromatic heterocycles. The number of hydrogen-bond acceptors (Lipinski definition) is 5. The molecule has 0 heterocycles. The monoisotopic (exact) mass is 323 g/mol. The van der Waals surface area contributed by atoms with Gasteiger partial charge in [-0.3, -0.25) is 25.3 Å². The summed E-state index contributed by atoms with van der Waals surface area (Å²) in [5, 5.41) is 13.0. The van der Waals surface area contributed by atoms with Crippen molar-refractivity contribution in [3.05, 3.63) is 69.9 Å². The first-order valence-electron chi connectivity index (χ1n) is 5.76. The molecule has 0 aliphatic rings. The van der Waals surface area contributed by atoms with Gasteiger partial charge in [-0.25, -0.2) is 0 Å². The van der Waals surface area contributed by atoms with E-state index in [2.05, 4.69) is 24.3 Å². The van der Waals surface area contributed by atoms with Gasteiger partial charge in [-0.1, -0.05) is 18.7 Å². The highest BCUT2D eigenvalue weighted by atomic mass is 32.2. The van der Waals surface area contributed by atoms with E-state index in [4.69, 9.17) is 0 Å². The van der Waals surface area contributed by atoms with Crippen LogP contribution in [0.1, 0.15) is 0 Å². The Labute approximate surface area is 127 Å². The molecule has 0 fully saturated rings. The van der Waals surface area contributed by atoms with Crippen LogP contribution in [0.25, 0.3) is 0 Å². The zero-order chi connectivity index (χ0) is 16.9. The molecule has 1 amide bonds. The smallest absolute Gasteiger partial charge is 0.306 e. The lowest BCUT2D eigenvalue weighted by Crippen LogP contribution is -2.13. The lowest BCUT2D eigenvalue weighted by Gasteiger charge is -2.08. The number of nitrogens with one attached hydrogen (secondary N) is 1. The highest BCUT2D eigenvalue weighted by Crippen LogP contribution is 2.22. The molecular weight excluding hydrogens is 311 g/mol. The predicted octanol–water partition coefficient (Wildman–Crippen LogP) is 2.69. The minimum atomic E-state index is -1.60. The predicted molar refractivity (Wildman–Crippen MR) is 84.3 cm³/mol. The number of nitro groups is 1. The molecule has 0 spiro atoms. The lowest BCUT2D eigenvalue weighted by atomic mass is 10.2. The maximum Gasteiger partial charge on any atom is 0.306 e. The van der Waals surface area contributed by atoms with Crippen molar-refractivity contribution in [2.45, 2.75) is 0 Å². The summed E-state index contributed by atoms with van der Waals surface area (Å²) in [6.45, 7) is 6.91. The second kappa shape index (κ2) is 7.32. The van der Waals surface area contributed by atoms with E-state index in [0.717, 1.165) is 12.1 Å². The van der Waals surface area contributed by atoms with Gasteiger partial charge in [0.25, 0.3) is 5.91 Å². The van der Waals surface area contributed by atoms with E-state index >= 15 is 0 Å². The molecule has 0 saturated carbocycles. The Morgan fingerprint density at radius 2 is 2.09 bits per heavy atom. The normalized spacial score (nSPS) is 11.1. The highest BCUT2D eigenvalue weighted by molar-refractivity contribution is 7.86. The van der Waals surface area contributed by atoms with Crippen LogP contribution in [0, 0.1) is 15.9 Å². The van der Waals surface area contributed by atoms with Gasteiger partial charge in [0, 0.05) is 17.3 Å². The van der Waals surface area contributed by atoms with E-state index in [9.17, 15) is 23.5 Å². The number of anilines is 1. The van der Waals surface area contributed by atoms with Crippen molar-refractivity contribution in [3.8, 4) is 0 Å². The molecule has 0 radical (unpaired) electrons. The quantitative estimate of drug-likeness (QED) is 0.218. The van der Waals surface area contributed by atoms with Crippen molar-refractivity contribution in [2.75, 3.05) is 5.32 Å². The van der Waals surface area contributed by atoms with Crippen LogP contribution in [0.3, 0.4) is 0 Å². The van der Waals surface area contributed by atoms with E-state index in [-0.39, 0.29) is 16.2 Å². The Morgan fingerprint density at radius 1 is 1.45 bits per heavy atom. The summed E-state index contributed by atoms with van der Waals surface area (Å²) in [5.74, 6) is 1.58. The number of carbonyl (C=O) groups is 1. The summed E-state index contributed by atoms with van der Waals surface area (Å²) in [5.41, 5.74) is -0.689. The molecule has 0 atom stereocenters. The fourth-order valence-corrected chi connectivity index (χ4v) is 1.65. The van der Waals surface area contributed by atoms with Gasteiger partial charge in [0.15, 0.2) is 0 Å². The first-order chi connectivity index (χ1) is 10.3. The van der Waals surface area contributed by atoms with E-state index in [0.29, 0.717) is 0 Å². The summed E-state index contributed by atoms with van der Waals surface area (Å²) in [4.78, 5) is 21.8. The van der Waals surface area contributed by atoms with Crippen LogP contribution in [0.4, 0.5) is 15.8 Å². The average molecular weight is 323 g/mol. The van der Waals surface area contributed by atoms with Crippen LogP contribution in [-0.4, -0.2) is 16.7 Å². The summed E-state index contributed by atoms with van der Waals surface area (Å²) < 4.78 is 24.3. The molecule has 22 heavy (non-hydrogen) atoms. The second-order valence-corrected chi connectivity index (χ2v) is 5.21. The molecule has 1 aromatic carbocycles. The number of amides is 1. The second-order valence-electron chi connectivity index (χ2n) is 3.99. The molecular formula is C14H12FN2O4S-. The molecule has 1 N–H and O–H groups in total. The topological polar surface area (TPSA) is 89.3 Å². The number of nitro benzene ring substituents is 1. The Balaban J connectivity index is 3.06. The first kappa shape index (κ1) is 17.3.